The molecule has 0 radical (unpaired) electrons. The van der Waals surface area contributed by atoms with Crippen molar-refractivity contribution in [3.63, 3.8) is 0 Å². The van der Waals surface area contributed by atoms with E-state index in [0.717, 1.165) is 17.7 Å². The number of carbonyl (C=O) groups excluding carboxylic acids is 1. The Balaban J connectivity index is 1.97. The van der Waals surface area contributed by atoms with Crippen LogP contribution in [0.4, 0.5) is 0 Å². The molecular formula is C20H25NO2. The molecule has 0 spiro atoms. The van der Waals surface area contributed by atoms with Crippen molar-refractivity contribution in [2.45, 2.75) is 45.8 Å². The van der Waals surface area contributed by atoms with Gasteiger partial charge in [-0.3, -0.25) is 4.79 Å². The van der Waals surface area contributed by atoms with Crippen molar-refractivity contribution in [2.75, 3.05) is 0 Å². The van der Waals surface area contributed by atoms with Crippen LogP contribution < -0.4 is 10.1 Å². The van der Waals surface area contributed by atoms with Crippen LogP contribution in [0.1, 0.15) is 44.4 Å². The van der Waals surface area contributed by atoms with Gasteiger partial charge in [0.2, 0.25) is 0 Å². The van der Waals surface area contributed by atoms with E-state index in [9.17, 15) is 4.79 Å². The quantitative estimate of drug-likeness (QED) is 0.828. The molecule has 1 amide bonds. The predicted octanol–water partition coefficient (Wildman–Crippen LogP) is 4.28. The number of carbonyl (C=O) groups is 1. The summed E-state index contributed by atoms with van der Waals surface area (Å²) in [6, 6.07) is 17.8. The van der Waals surface area contributed by atoms with Crippen molar-refractivity contribution < 1.29 is 9.53 Å². The fraction of sp³-hybridized carbons (Fsp3) is 0.350. The number of ether oxygens (including phenoxy) is 1. The maximum Gasteiger partial charge on any atom is 0.261 e. The van der Waals surface area contributed by atoms with Gasteiger partial charge in [0, 0.05) is 0 Å². The van der Waals surface area contributed by atoms with E-state index in [1.165, 1.54) is 5.56 Å². The summed E-state index contributed by atoms with van der Waals surface area (Å²) < 4.78 is 5.85. The summed E-state index contributed by atoms with van der Waals surface area (Å²) in [6.07, 6.45) is 1.14. The lowest BCUT2D eigenvalue weighted by Gasteiger charge is -2.21. The summed E-state index contributed by atoms with van der Waals surface area (Å²) in [5, 5.41) is 3.03. The minimum atomic E-state index is -0.478. The fourth-order valence-corrected chi connectivity index (χ4v) is 2.42. The molecule has 122 valence electrons. The molecule has 3 heteroatoms. The Morgan fingerprint density at radius 2 is 1.70 bits per heavy atom. The molecule has 0 heterocycles. The highest BCUT2D eigenvalue weighted by Gasteiger charge is 2.20. The second-order valence-electron chi connectivity index (χ2n) is 5.65. The molecule has 0 aliphatic rings. The standard InChI is InChI=1S/C20H25NO2/c1-4-16-11-13-18(14-12-16)23-19(5-2)20(22)21-15(3)17-9-7-6-8-10-17/h6-15,19H,4-5H2,1-3H3,(H,21,22)/t15-,19-/m0/s1. The Kier molecular flexibility index (Phi) is 6.21. The van der Waals surface area contributed by atoms with Gasteiger partial charge < -0.3 is 10.1 Å². The summed E-state index contributed by atoms with van der Waals surface area (Å²) >= 11 is 0. The topological polar surface area (TPSA) is 38.3 Å². The van der Waals surface area contributed by atoms with Crippen LogP contribution in [-0.4, -0.2) is 12.0 Å². The SMILES string of the molecule is CCc1ccc(O[C@@H](CC)C(=O)N[C@@H](C)c2ccccc2)cc1. The van der Waals surface area contributed by atoms with Crippen molar-refractivity contribution in [3.05, 3.63) is 65.7 Å². The monoisotopic (exact) mass is 311 g/mol. The zero-order chi connectivity index (χ0) is 16.7. The Hall–Kier alpha value is -2.29. The third-order valence-electron chi connectivity index (χ3n) is 3.93. The lowest BCUT2D eigenvalue weighted by molar-refractivity contribution is -0.128. The number of nitrogens with one attached hydrogen (secondary N) is 1. The Bertz CT molecular complexity index is 607. The minimum Gasteiger partial charge on any atom is -0.481 e. The van der Waals surface area contributed by atoms with E-state index >= 15 is 0 Å². The van der Waals surface area contributed by atoms with E-state index in [2.05, 4.69) is 12.2 Å². The highest BCUT2D eigenvalue weighted by atomic mass is 16.5. The molecule has 0 aliphatic heterocycles. The number of aryl methyl sites for hydroxylation is 1. The molecule has 0 aliphatic carbocycles. The molecule has 0 bridgehead atoms. The third kappa shape index (κ3) is 4.85. The van der Waals surface area contributed by atoms with Crippen molar-refractivity contribution in [2.24, 2.45) is 0 Å². The molecule has 2 aromatic carbocycles. The molecule has 1 N–H and O–H groups in total. The van der Waals surface area contributed by atoms with E-state index in [1.807, 2.05) is 68.4 Å². The first-order chi connectivity index (χ1) is 11.1. The average molecular weight is 311 g/mol. The van der Waals surface area contributed by atoms with E-state index in [0.29, 0.717) is 6.42 Å². The van der Waals surface area contributed by atoms with Gasteiger partial charge in [-0.2, -0.15) is 0 Å². The average Bonchev–Trinajstić information content (AvgIpc) is 2.60. The van der Waals surface area contributed by atoms with Gasteiger partial charge in [-0.05, 0) is 43.0 Å². The normalized spacial score (nSPS) is 13.2. The maximum absolute atomic E-state index is 12.4. The first-order valence-corrected chi connectivity index (χ1v) is 8.25. The van der Waals surface area contributed by atoms with Gasteiger partial charge in [0.15, 0.2) is 6.10 Å². The van der Waals surface area contributed by atoms with Crippen LogP contribution in [0, 0.1) is 0 Å². The van der Waals surface area contributed by atoms with Crippen LogP contribution in [0.2, 0.25) is 0 Å². The molecule has 23 heavy (non-hydrogen) atoms. The summed E-state index contributed by atoms with van der Waals surface area (Å²) in [7, 11) is 0. The van der Waals surface area contributed by atoms with Gasteiger partial charge in [0.25, 0.3) is 5.91 Å². The zero-order valence-corrected chi connectivity index (χ0v) is 14.1. The van der Waals surface area contributed by atoms with Crippen LogP contribution in [0.15, 0.2) is 54.6 Å². The van der Waals surface area contributed by atoms with E-state index < -0.39 is 6.10 Å². The molecule has 2 rings (SSSR count). The van der Waals surface area contributed by atoms with Crippen molar-refractivity contribution in [1.29, 1.82) is 0 Å². The number of rotatable bonds is 7. The lowest BCUT2D eigenvalue weighted by atomic mass is 10.1. The van der Waals surface area contributed by atoms with Crippen LogP contribution in [0.25, 0.3) is 0 Å². The van der Waals surface area contributed by atoms with Crippen LogP contribution >= 0.6 is 0 Å². The molecule has 0 saturated heterocycles. The second kappa shape index (κ2) is 8.37. The first kappa shape index (κ1) is 17.1. The van der Waals surface area contributed by atoms with Gasteiger partial charge in [-0.15, -0.1) is 0 Å². The molecule has 0 aromatic heterocycles. The van der Waals surface area contributed by atoms with Crippen LogP contribution in [0.3, 0.4) is 0 Å². The maximum atomic E-state index is 12.4. The van der Waals surface area contributed by atoms with Gasteiger partial charge in [-0.25, -0.2) is 0 Å². The third-order valence-corrected chi connectivity index (χ3v) is 3.93. The van der Waals surface area contributed by atoms with Gasteiger partial charge >= 0.3 is 0 Å². The molecule has 3 nitrogen and oxygen atoms in total. The molecule has 0 saturated carbocycles. The Morgan fingerprint density at radius 3 is 2.26 bits per heavy atom. The molecule has 0 unspecified atom stereocenters. The molecule has 0 fully saturated rings. The van der Waals surface area contributed by atoms with Gasteiger partial charge in [0.1, 0.15) is 5.75 Å². The van der Waals surface area contributed by atoms with Crippen LogP contribution in [0.5, 0.6) is 5.75 Å². The predicted molar refractivity (Wildman–Crippen MR) is 93.5 cm³/mol. The van der Waals surface area contributed by atoms with Gasteiger partial charge in [-0.1, -0.05) is 56.3 Å². The van der Waals surface area contributed by atoms with Gasteiger partial charge in [0.05, 0.1) is 6.04 Å². The highest BCUT2D eigenvalue weighted by molar-refractivity contribution is 5.81. The first-order valence-electron chi connectivity index (χ1n) is 8.25. The number of benzene rings is 2. The van der Waals surface area contributed by atoms with Crippen LogP contribution in [-0.2, 0) is 11.2 Å². The fourth-order valence-electron chi connectivity index (χ4n) is 2.42. The number of hydrogen-bond acceptors (Lipinski definition) is 2. The Morgan fingerprint density at radius 1 is 1.04 bits per heavy atom. The molecule has 2 atom stereocenters. The highest BCUT2D eigenvalue weighted by Crippen LogP contribution is 2.17. The lowest BCUT2D eigenvalue weighted by Crippen LogP contribution is -2.39. The van der Waals surface area contributed by atoms with Crippen molar-refractivity contribution >= 4 is 5.91 Å². The summed E-state index contributed by atoms with van der Waals surface area (Å²) in [5.41, 5.74) is 2.34. The molecular weight excluding hydrogens is 286 g/mol. The molecule has 2 aromatic rings. The Labute approximate surface area is 138 Å². The van der Waals surface area contributed by atoms with Crippen molar-refractivity contribution in [3.8, 4) is 5.75 Å². The largest absolute Gasteiger partial charge is 0.481 e. The van der Waals surface area contributed by atoms with E-state index in [1.54, 1.807) is 0 Å². The smallest absolute Gasteiger partial charge is 0.261 e. The summed E-state index contributed by atoms with van der Waals surface area (Å²) in [6.45, 7) is 6.05. The van der Waals surface area contributed by atoms with E-state index in [-0.39, 0.29) is 11.9 Å². The van der Waals surface area contributed by atoms with Crippen molar-refractivity contribution in [1.82, 2.24) is 5.32 Å². The zero-order valence-electron chi connectivity index (χ0n) is 14.1. The summed E-state index contributed by atoms with van der Waals surface area (Å²) in [4.78, 5) is 12.4. The second-order valence-corrected chi connectivity index (χ2v) is 5.65. The van der Waals surface area contributed by atoms with E-state index in [4.69, 9.17) is 4.74 Å². The minimum absolute atomic E-state index is 0.0381. The number of amides is 1. The number of hydrogen-bond donors (Lipinski definition) is 1. The summed E-state index contributed by atoms with van der Waals surface area (Å²) in [5.74, 6) is 0.653.